The highest BCUT2D eigenvalue weighted by atomic mass is 79.9. The van der Waals surface area contributed by atoms with Crippen LogP contribution in [-0.4, -0.2) is 54.3 Å². The van der Waals surface area contributed by atoms with Crippen LogP contribution in [-0.2, 0) is 4.74 Å². The van der Waals surface area contributed by atoms with Crippen LogP contribution in [0.5, 0.6) is 0 Å². The molecule has 1 aliphatic heterocycles. The first-order chi connectivity index (χ1) is 11.8. The highest BCUT2D eigenvalue weighted by molar-refractivity contribution is 9.10. The van der Waals surface area contributed by atoms with Crippen LogP contribution in [0.1, 0.15) is 33.6 Å². The Bertz CT molecular complexity index is 554. The number of carbonyl (C=O) groups excluding carboxylic acids is 1. The first kappa shape index (κ1) is 20.0. The molecule has 0 unspecified atom stereocenters. The maximum atomic E-state index is 12.0. The Morgan fingerprint density at radius 2 is 2.04 bits per heavy atom. The van der Waals surface area contributed by atoms with Crippen LogP contribution in [0.4, 0.5) is 10.5 Å². The molecule has 0 aromatic carbocycles. The summed E-state index contributed by atoms with van der Waals surface area (Å²) < 4.78 is 6.40. The van der Waals surface area contributed by atoms with Crippen molar-refractivity contribution >= 4 is 27.7 Å². The van der Waals surface area contributed by atoms with Gasteiger partial charge in [-0.3, -0.25) is 4.98 Å². The van der Waals surface area contributed by atoms with Crippen LogP contribution < -0.4 is 10.6 Å². The molecule has 0 spiro atoms. The number of hydrogen-bond acceptors (Lipinski definition) is 5. The molecule has 0 bridgehead atoms. The summed E-state index contributed by atoms with van der Waals surface area (Å²) in [5.74, 6) is 0.617. The van der Waals surface area contributed by atoms with E-state index in [1.807, 2.05) is 37.9 Å². The molecule has 140 valence electrons. The number of amides is 1. The van der Waals surface area contributed by atoms with Crippen LogP contribution in [0, 0.1) is 5.92 Å². The Hall–Kier alpha value is -1.34. The minimum Gasteiger partial charge on any atom is -0.444 e. The van der Waals surface area contributed by atoms with Gasteiger partial charge in [0.1, 0.15) is 5.60 Å². The predicted molar refractivity (Wildman–Crippen MR) is 104 cm³/mol. The van der Waals surface area contributed by atoms with Gasteiger partial charge in [-0.25, -0.2) is 4.79 Å². The number of anilines is 1. The molecule has 1 aromatic heterocycles. The summed E-state index contributed by atoms with van der Waals surface area (Å²) in [6, 6.07) is 2.01. The Kier molecular flexibility index (Phi) is 7.50. The molecule has 1 aromatic rings. The summed E-state index contributed by atoms with van der Waals surface area (Å²) in [7, 11) is 0. The lowest BCUT2D eigenvalue weighted by atomic mass is 9.97. The Morgan fingerprint density at radius 3 is 2.68 bits per heavy atom. The lowest BCUT2D eigenvalue weighted by molar-refractivity contribution is 0.0184. The second-order valence-corrected chi connectivity index (χ2v) is 8.35. The van der Waals surface area contributed by atoms with Crippen molar-refractivity contribution in [3.63, 3.8) is 0 Å². The average Bonchev–Trinajstić information content (AvgIpc) is 2.53. The van der Waals surface area contributed by atoms with Crippen molar-refractivity contribution in [3.05, 3.63) is 22.9 Å². The number of likely N-dealkylation sites (tertiary alicyclic amines) is 1. The van der Waals surface area contributed by atoms with Gasteiger partial charge in [0.25, 0.3) is 0 Å². The first-order valence-electron chi connectivity index (χ1n) is 8.86. The molecule has 7 heteroatoms. The number of aromatic nitrogens is 1. The van der Waals surface area contributed by atoms with E-state index in [0.29, 0.717) is 5.92 Å². The SMILES string of the molecule is CC(C)(C)OC(=O)N1CCC(CNCCNc2cncc(Br)c2)CC1. The molecule has 25 heavy (non-hydrogen) atoms. The quantitative estimate of drug-likeness (QED) is 0.699. The van der Waals surface area contributed by atoms with Gasteiger partial charge in [-0.1, -0.05) is 0 Å². The number of nitrogens with one attached hydrogen (secondary N) is 2. The number of ether oxygens (including phenoxy) is 1. The van der Waals surface area contributed by atoms with E-state index in [9.17, 15) is 4.79 Å². The number of piperidine rings is 1. The van der Waals surface area contributed by atoms with Gasteiger partial charge in [-0.2, -0.15) is 0 Å². The molecular formula is C18H29BrN4O2. The highest BCUT2D eigenvalue weighted by Crippen LogP contribution is 2.19. The number of halogens is 1. The highest BCUT2D eigenvalue weighted by Gasteiger charge is 2.26. The van der Waals surface area contributed by atoms with Crippen molar-refractivity contribution in [1.29, 1.82) is 0 Å². The van der Waals surface area contributed by atoms with E-state index in [0.717, 1.165) is 55.7 Å². The molecule has 1 amide bonds. The third kappa shape index (κ3) is 7.61. The normalized spacial score (nSPS) is 15.9. The van der Waals surface area contributed by atoms with E-state index >= 15 is 0 Å². The molecule has 1 saturated heterocycles. The summed E-state index contributed by atoms with van der Waals surface area (Å²) in [6.07, 6.45) is 5.44. The minimum absolute atomic E-state index is 0.189. The molecule has 0 aliphatic carbocycles. The van der Waals surface area contributed by atoms with Crippen LogP contribution in [0.3, 0.4) is 0 Å². The summed E-state index contributed by atoms with van der Waals surface area (Å²) in [6.45, 7) is 10.0. The standard InChI is InChI=1S/C18H29BrN4O2/c1-18(2,3)25-17(24)23-8-4-14(5-9-23)11-20-6-7-22-16-10-15(19)12-21-13-16/h10,12-14,20,22H,4-9,11H2,1-3H3. The molecule has 6 nitrogen and oxygen atoms in total. The molecule has 0 atom stereocenters. The summed E-state index contributed by atoms with van der Waals surface area (Å²) >= 11 is 3.41. The lowest BCUT2D eigenvalue weighted by Gasteiger charge is -2.33. The number of carbonyl (C=O) groups is 1. The van der Waals surface area contributed by atoms with Crippen LogP contribution in [0.2, 0.25) is 0 Å². The van der Waals surface area contributed by atoms with E-state index in [1.54, 1.807) is 6.20 Å². The third-order valence-corrected chi connectivity index (χ3v) is 4.47. The van der Waals surface area contributed by atoms with Gasteiger partial charge in [0, 0.05) is 36.8 Å². The van der Waals surface area contributed by atoms with Crippen LogP contribution in [0.15, 0.2) is 22.9 Å². The molecule has 1 fully saturated rings. The van der Waals surface area contributed by atoms with E-state index in [4.69, 9.17) is 4.74 Å². The van der Waals surface area contributed by atoms with Crippen molar-refractivity contribution in [1.82, 2.24) is 15.2 Å². The second kappa shape index (κ2) is 9.38. The van der Waals surface area contributed by atoms with Gasteiger partial charge in [-0.05, 0) is 68.1 Å². The number of hydrogen-bond donors (Lipinski definition) is 2. The average molecular weight is 413 g/mol. The maximum absolute atomic E-state index is 12.0. The van der Waals surface area contributed by atoms with Gasteiger partial charge in [-0.15, -0.1) is 0 Å². The summed E-state index contributed by atoms with van der Waals surface area (Å²) in [5.41, 5.74) is 0.591. The van der Waals surface area contributed by atoms with Crippen molar-refractivity contribution in [2.75, 3.05) is 38.0 Å². The zero-order valence-corrected chi connectivity index (χ0v) is 16.9. The zero-order valence-electron chi connectivity index (χ0n) is 15.3. The third-order valence-electron chi connectivity index (χ3n) is 4.04. The Morgan fingerprint density at radius 1 is 1.32 bits per heavy atom. The summed E-state index contributed by atoms with van der Waals surface area (Å²) in [4.78, 5) is 18.0. The lowest BCUT2D eigenvalue weighted by Crippen LogP contribution is -2.43. The molecule has 1 aliphatic rings. The second-order valence-electron chi connectivity index (χ2n) is 7.43. The number of nitrogens with zero attached hydrogens (tertiary/aromatic N) is 2. The Labute approximate surface area is 158 Å². The fourth-order valence-corrected chi connectivity index (χ4v) is 3.12. The smallest absolute Gasteiger partial charge is 0.410 e. The van der Waals surface area contributed by atoms with Gasteiger partial charge in [0.05, 0.1) is 11.9 Å². The van der Waals surface area contributed by atoms with Crippen LogP contribution in [0.25, 0.3) is 0 Å². The molecular weight excluding hydrogens is 384 g/mol. The van der Waals surface area contributed by atoms with Gasteiger partial charge in [0.2, 0.25) is 0 Å². The number of pyridine rings is 1. The molecule has 0 radical (unpaired) electrons. The van der Waals surface area contributed by atoms with Crippen molar-refractivity contribution in [3.8, 4) is 0 Å². The van der Waals surface area contributed by atoms with Gasteiger partial charge < -0.3 is 20.3 Å². The topological polar surface area (TPSA) is 66.5 Å². The van der Waals surface area contributed by atoms with Gasteiger partial charge >= 0.3 is 6.09 Å². The van der Waals surface area contributed by atoms with Gasteiger partial charge in [0.15, 0.2) is 0 Å². The van der Waals surface area contributed by atoms with Crippen LogP contribution >= 0.6 is 15.9 Å². The van der Waals surface area contributed by atoms with E-state index in [1.165, 1.54) is 0 Å². The van der Waals surface area contributed by atoms with Crippen molar-refractivity contribution in [2.45, 2.75) is 39.2 Å². The molecule has 2 heterocycles. The van der Waals surface area contributed by atoms with E-state index in [2.05, 4.69) is 31.5 Å². The monoisotopic (exact) mass is 412 g/mol. The first-order valence-corrected chi connectivity index (χ1v) is 9.66. The number of rotatable bonds is 6. The maximum Gasteiger partial charge on any atom is 0.410 e. The predicted octanol–water partition coefficient (Wildman–Crippen LogP) is 3.49. The van der Waals surface area contributed by atoms with Crippen molar-refractivity contribution < 1.29 is 9.53 Å². The fourth-order valence-electron chi connectivity index (χ4n) is 2.76. The Balaban J connectivity index is 1.57. The largest absolute Gasteiger partial charge is 0.444 e. The van der Waals surface area contributed by atoms with Crippen molar-refractivity contribution in [2.24, 2.45) is 5.92 Å². The zero-order chi connectivity index (χ0) is 18.3. The molecule has 2 N–H and O–H groups in total. The molecule has 2 rings (SSSR count). The minimum atomic E-state index is -0.424. The van der Waals surface area contributed by atoms with E-state index in [-0.39, 0.29) is 6.09 Å². The summed E-state index contributed by atoms with van der Waals surface area (Å²) in [5, 5.41) is 6.84. The molecule has 0 saturated carbocycles. The van der Waals surface area contributed by atoms with E-state index < -0.39 is 5.60 Å². The fraction of sp³-hybridized carbons (Fsp3) is 0.667.